The van der Waals surface area contributed by atoms with E-state index in [4.69, 9.17) is 14.9 Å². The van der Waals surface area contributed by atoms with E-state index in [1.54, 1.807) is 12.1 Å². The Balaban J connectivity index is 2.69. The summed E-state index contributed by atoms with van der Waals surface area (Å²) in [5, 5.41) is 27.5. The Labute approximate surface area is 95.1 Å². The molecule has 0 fully saturated rings. The highest BCUT2D eigenvalue weighted by Crippen LogP contribution is 2.27. The topological polar surface area (TPSA) is 69.9 Å². The van der Waals surface area contributed by atoms with Crippen LogP contribution in [0.1, 0.15) is 12.0 Å². The van der Waals surface area contributed by atoms with Crippen LogP contribution in [0.15, 0.2) is 18.2 Å². The van der Waals surface area contributed by atoms with Gasteiger partial charge in [-0.2, -0.15) is 0 Å². The van der Waals surface area contributed by atoms with E-state index in [0.29, 0.717) is 18.6 Å². The molecule has 1 rings (SSSR count). The highest BCUT2D eigenvalue weighted by molar-refractivity contribution is 5.41. The van der Waals surface area contributed by atoms with Crippen molar-refractivity contribution < 1.29 is 20.1 Å². The fourth-order valence-electron chi connectivity index (χ4n) is 1.64. The smallest absolute Gasteiger partial charge is 0.160 e. The minimum Gasteiger partial charge on any atom is -0.504 e. The Morgan fingerprint density at radius 1 is 1.31 bits per heavy atom. The van der Waals surface area contributed by atoms with Crippen molar-refractivity contribution >= 4 is 0 Å². The number of hydrogen-bond acceptors (Lipinski definition) is 4. The number of rotatable bonds is 6. The zero-order chi connectivity index (χ0) is 12.0. The summed E-state index contributed by atoms with van der Waals surface area (Å²) in [4.78, 5) is 0. The van der Waals surface area contributed by atoms with Crippen molar-refractivity contribution in [3.8, 4) is 11.5 Å². The van der Waals surface area contributed by atoms with Crippen LogP contribution in [0.25, 0.3) is 0 Å². The van der Waals surface area contributed by atoms with Gasteiger partial charge in [0.2, 0.25) is 0 Å². The first-order valence-electron chi connectivity index (χ1n) is 5.28. The number of methoxy groups -OCH3 is 1. The molecule has 4 nitrogen and oxygen atoms in total. The van der Waals surface area contributed by atoms with Gasteiger partial charge in [0.1, 0.15) is 0 Å². The molecule has 0 saturated heterocycles. The average Bonchev–Trinajstić information content (AvgIpc) is 2.28. The van der Waals surface area contributed by atoms with Crippen LogP contribution >= 0.6 is 0 Å². The van der Waals surface area contributed by atoms with Crippen molar-refractivity contribution in [3.63, 3.8) is 0 Å². The zero-order valence-corrected chi connectivity index (χ0v) is 9.39. The lowest BCUT2D eigenvalue weighted by atomic mass is 9.97. The zero-order valence-electron chi connectivity index (χ0n) is 9.39. The average molecular weight is 226 g/mol. The van der Waals surface area contributed by atoms with Gasteiger partial charge in [0.15, 0.2) is 11.5 Å². The number of phenols is 1. The second-order valence-electron chi connectivity index (χ2n) is 3.77. The summed E-state index contributed by atoms with van der Waals surface area (Å²) in [6.45, 7) is 0.0979. The van der Waals surface area contributed by atoms with Crippen molar-refractivity contribution in [1.29, 1.82) is 0 Å². The maximum atomic E-state index is 9.57. The number of aromatic hydroxyl groups is 1. The maximum absolute atomic E-state index is 9.57. The van der Waals surface area contributed by atoms with Gasteiger partial charge in [0, 0.05) is 13.2 Å². The van der Waals surface area contributed by atoms with E-state index in [1.165, 1.54) is 7.11 Å². The molecule has 3 N–H and O–H groups in total. The van der Waals surface area contributed by atoms with Crippen LogP contribution in [0, 0.1) is 5.92 Å². The summed E-state index contributed by atoms with van der Waals surface area (Å²) in [5.41, 5.74) is 0.922. The van der Waals surface area contributed by atoms with Crippen LogP contribution in [0.2, 0.25) is 0 Å². The largest absolute Gasteiger partial charge is 0.504 e. The summed E-state index contributed by atoms with van der Waals surface area (Å²) >= 11 is 0. The van der Waals surface area contributed by atoms with E-state index in [0.717, 1.165) is 5.56 Å². The van der Waals surface area contributed by atoms with E-state index in [9.17, 15) is 5.11 Å². The predicted octanol–water partition coefficient (Wildman–Crippen LogP) is 0.934. The third kappa shape index (κ3) is 3.40. The molecule has 1 aromatic rings. The molecule has 0 aliphatic heterocycles. The lowest BCUT2D eigenvalue weighted by molar-refractivity contribution is 0.183. The quantitative estimate of drug-likeness (QED) is 0.675. The van der Waals surface area contributed by atoms with Crippen LogP contribution < -0.4 is 4.74 Å². The molecule has 16 heavy (non-hydrogen) atoms. The monoisotopic (exact) mass is 226 g/mol. The molecule has 0 bridgehead atoms. The van der Waals surface area contributed by atoms with Crippen LogP contribution in [0.3, 0.4) is 0 Å². The first-order valence-corrected chi connectivity index (χ1v) is 5.28. The Kier molecular flexibility index (Phi) is 5.08. The number of benzene rings is 1. The van der Waals surface area contributed by atoms with Crippen molar-refractivity contribution in [2.24, 2.45) is 5.92 Å². The number of ether oxygens (including phenoxy) is 1. The molecule has 90 valence electrons. The Morgan fingerprint density at radius 3 is 2.56 bits per heavy atom. The third-order valence-electron chi connectivity index (χ3n) is 2.56. The van der Waals surface area contributed by atoms with Crippen molar-refractivity contribution in [2.75, 3.05) is 20.3 Å². The van der Waals surface area contributed by atoms with Gasteiger partial charge < -0.3 is 20.1 Å². The molecule has 0 amide bonds. The molecule has 4 heteroatoms. The van der Waals surface area contributed by atoms with Gasteiger partial charge in [-0.05, 0) is 36.5 Å². The molecule has 0 aliphatic carbocycles. The lowest BCUT2D eigenvalue weighted by Crippen LogP contribution is -2.11. The van der Waals surface area contributed by atoms with Crippen molar-refractivity contribution in [3.05, 3.63) is 23.8 Å². The van der Waals surface area contributed by atoms with E-state index < -0.39 is 0 Å². The van der Waals surface area contributed by atoms with Crippen LogP contribution in [-0.2, 0) is 6.42 Å². The van der Waals surface area contributed by atoms with Crippen LogP contribution in [0.4, 0.5) is 0 Å². The van der Waals surface area contributed by atoms with Crippen LogP contribution in [0.5, 0.6) is 11.5 Å². The summed E-state index contributed by atoms with van der Waals surface area (Å²) in [6.07, 6.45) is 1.19. The first-order chi connectivity index (χ1) is 7.71. The minimum absolute atomic E-state index is 0.0257. The predicted molar refractivity (Wildman–Crippen MR) is 60.6 cm³/mol. The van der Waals surface area contributed by atoms with E-state index in [1.807, 2.05) is 6.07 Å². The van der Waals surface area contributed by atoms with Gasteiger partial charge >= 0.3 is 0 Å². The van der Waals surface area contributed by atoms with Crippen molar-refractivity contribution in [2.45, 2.75) is 12.8 Å². The van der Waals surface area contributed by atoms with E-state index >= 15 is 0 Å². The highest BCUT2D eigenvalue weighted by atomic mass is 16.5. The summed E-state index contributed by atoms with van der Waals surface area (Å²) in [6, 6.07) is 5.16. The molecule has 0 heterocycles. The summed E-state index contributed by atoms with van der Waals surface area (Å²) in [5.74, 6) is 0.560. The molecule has 1 aromatic carbocycles. The molecule has 0 spiro atoms. The molecule has 0 radical (unpaired) electrons. The fourth-order valence-corrected chi connectivity index (χ4v) is 1.64. The number of phenolic OH excluding ortho intramolecular Hbond substituents is 1. The molecule has 0 aromatic heterocycles. The van der Waals surface area contributed by atoms with Crippen molar-refractivity contribution in [1.82, 2.24) is 0 Å². The molecule has 0 saturated carbocycles. The summed E-state index contributed by atoms with van der Waals surface area (Å²) in [7, 11) is 1.50. The fraction of sp³-hybridized carbons (Fsp3) is 0.500. The first kappa shape index (κ1) is 12.8. The Bertz CT molecular complexity index is 325. The highest BCUT2D eigenvalue weighted by Gasteiger charge is 2.09. The second-order valence-corrected chi connectivity index (χ2v) is 3.77. The second kappa shape index (κ2) is 6.35. The number of aliphatic hydroxyl groups is 2. The molecular weight excluding hydrogens is 208 g/mol. The van der Waals surface area contributed by atoms with E-state index in [-0.39, 0.29) is 24.9 Å². The standard InChI is InChI=1S/C12H18O4/c1-16-12-3-2-9(7-11(12)15)6-10(8-14)4-5-13/h2-3,7,10,13-15H,4-6,8H2,1H3. The Hall–Kier alpha value is -1.26. The van der Waals surface area contributed by atoms with Crippen LogP contribution in [-0.4, -0.2) is 35.6 Å². The van der Waals surface area contributed by atoms with Gasteiger partial charge in [-0.15, -0.1) is 0 Å². The number of aliphatic hydroxyl groups excluding tert-OH is 2. The lowest BCUT2D eigenvalue weighted by Gasteiger charge is -2.13. The van der Waals surface area contributed by atoms with Gasteiger partial charge in [-0.1, -0.05) is 6.07 Å². The van der Waals surface area contributed by atoms with E-state index in [2.05, 4.69) is 0 Å². The van der Waals surface area contributed by atoms with Gasteiger partial charge in [-0.25, -0.2) is 0 Å². The maximum Gasteiger partial charge on any atom is 0.160 e. The molecule has 1 atom stereocenters. The number of hydrogen-bond donors (Lipinski definition) is 3. The SMILES string of the molecule is COc1ccc(CC(CO)CCO)cc1O. The van der Waals surface area contributed by atoms with Gasteiger partial charge in [0.25, 0.3) is 0 Å². The van der Waals surface area contributed by atoms with Gasteiger partial charge in [0.05, 0.1) is 7.11 Å². The summed E-state index contributed by atoms with van der Waals surface area (Å²) < 4.78 is 4.94. The minimum atomic E-state index is 0.0257. The molecule has 0 aliphatic rings. The normalized spacial score (nSPS) is 12.4. The Morgan fingerprint density at radius 2 is 2.06 bits per heavy atom. The molecular formula is C12H18O4. The third-order valence-corrected chi connectivity index (χ3v) is 2.56. The molecule has 1 unspecified atom stereocenters. The van der Waals surface area contributed by atoms with Gasteiger partial charge in [-0.3, -0.25) is 0 Å².